The van der Waals surface area contributed by atoms with E-state index >= 15 is 0 Å². The molecular weight excluding hydrogens is 442 g/mol. The number of carbonyl (C=O) groups is 2. The molecule has 0 N–H and O–H groups in total. The average molecular weight is 470 g/mol. The second-order valence-corrected chi connectivity index (χ2v) is 8.89. The van der Waals surface area contributed by atoms with Crippen LogP contribution in [0.5, 0.6) is 5.75 Å². The highest BCUT2D eigenvalue weighted by Crippen LogP contribution is 2.49. The van der Waals surface area contributed by atoms with Crippen LogP contribution in [0.15, 0.2) is 90.5 Å². The lowest BCUT2D eigenvalue weighted by atomic mass is 9.85. The van der Waals surface area contributed by atoms with Crippen LogP contribution in [-0.4, -0.2) is 31.7 Å². The molecule has 0 aliphatic carbocycles. The molecule has 6 heteroatoms. The van der Waals surface area contributed by atoms with E-state index in [4.69, 9.17) is 14.2 Å². The molecule has 0 radical (unpaired) electrons. The zero-order valence-corrected chi connectivity index (χ0v) is 19.8. The zero-order chi connectivity index (χ0) is 24.4. The maximum absolute atomic E-state index is 14.0. The number of amides is 1. The second-order valence-electron chi connectivity index (χ2n) is 8.89. The van der Waals surface area contributed by atoms with Gasteiger partial charge in [-0.15, -0.1) is 0 Å². The summed E-state index contributed by atoms with van der Waals surface area (Å²) >= 11 is 0. The number of rotatable bonds is 6. The number of ether oxygens (including phenoxy) is 3. The molecule has 178 valence electrons. The van der Waals surface area contributed by atoms with Gasteiger partial charge in [-0.25, -0.2) is 4.79 Å². The van der Waals surface area contributed by atoms with Gasteiger partial charge in [-0.05, 0) is 42.8 Å². The van der Waals surface area contributed by atoms with Gasteiger partial charge >= 0.3 is 5.97 Å². The number of hydrogen-bond acceptors (Lipinski definition) is 5. The lowest BCUT2D eigenvalue weighted by molar-refractivity contribution is -0.153. The number of carbonyl (C=O) groups excluding carboxylic acids is 2. The van der Waals surface area contributed by atoms with E-state index in [1.807, 2.05) is 79.7 Å². The maximum atomic E-state index is 14.0. The fraction of sp³-hybridized carbons (Fsp3) is 0.241. The quantitative estimate of drug-likeness (QED) is 0.374. The zero-order valence-electron chi connectivity index (χ0n) is 19.8. The normalized spacial score (nSPS) is 21.0. The minimum absolute atomic E-state index is 0.0899. The Morgan fingerprint density at radius 3 is 2.49 bits per heavy atom. The summed E-state index contributed by atoms with van der Waals surface area (Å²) in [4.78, 5) is 27.5. The third-order valence-electron chi connectivity index (χ3n) is 6.44. The van der Waals surface area contributed by atoms with Gasteiger partial charge < -0.3 is 19.1 Å². The molecule has 0 saturated carbocycles. The van der Waals surface area contributed by atoms with Crippen LogP contribution in [0.2, 0.25) is 0 Å². The molecule has 1 amide bonds. The third-order valence-corrected chi connectivity index (χ3v) is 6.44. The summed E-state index contributed by atoms with van der Waals surface area (Å²) in [5.74, 6) is 0.282. The summed E-state index contributed by atoms with van der Waals surface area (Å²) in [6.07, 6.45) is 2.17. The van der Waals surface area contributed by atoms with Gasteiger partial charge in [0.2, 0.25) is 0 Å². The van der Waals surface area contributed by atoms with E-state index in [-0.39, 0.29) is 18.0 Å². The summed E-state index contributed by atoms with van der Waals surface area (Å²) in [6.45, 7) is 2.72. The van der Waals surface area contributed by atoms with Gasteiger partial charge in [0.05, 0.1) is 24.9 Å². The van der Waals surface area contributed by atoms with E-state index in [1.165, 1.54) is 7.11 Å². The Morgan fingerprint density at radius 2 is 1.74 bits per heavy atom. The van der Waals surface area contributed by atoms with Crippen molar-refractivity contribution in [2.45, 2.75) is 31.6 Å². The lowest BCUT2D eigenvalue weighted by Crippen LogP contribution is -2.47. The molecule has 2 aliphatic heterocycles. The van der Waals surface area contributed by atoms with Crippen molar-refractivity contribution < 1.29 is 23.8 Å². The second kappa shape index (κ2) is 9.39. The van der Waals surface area contributed by atoms with Crippen LogP contribution >= 0.6 is 0 Å². The summed E-state index contributed by atoms with van der Waals surface area (Å²) < 4.78 is 17.3. The van der Waals surface area contributed by atoms with Crippen molar-refractivity contribution in [2.75, 3.05) is 18.6 Å². The Kier molecular flexibility index (Phi) is 6.14. The predicted octanol–water partition coefficient (Wildman–Crippen LogP) is 5.03. The van der Waals surface area contributed by atoms with Gasteiger partial charge in [0, 0.05) is 12.0 Å². The highest BCUT2D eigenvalue weighted by Gasteiger charge is 2.54. The largest absolute Gasteiger partial charge is 0.491 e. The maximum Gasteiger partial charge on any atom is 0.337 e. The average Bonchev–Trinajstić information content (AvgIpc) is 3.10. The van der Waals surface area contributed by atoms with E-state index in [2.05, 4.69) is 0 Å². The summed E-state index contributed by atoms with van der Waals surface area (Å²) in [7, 11) is 1.36. The van der Waals surface area contributed by atoms with Crippen LogP contribution in [0.1, 0.15) is 34.8 Å². The molecule has 0 fully saturated rings. The van der Waals surface area contributed by atoms with E-state index in [1.54, 1.807) is 17.0 Å². The fourth-order valence-corrected chi connectivity index (χ4v) is 4.86. The van der Waals surface area contributed by atoms with Gasteiger partial charge in [0.25, 0.3) is 5.91 Å². The molecule has 3 aromatic rings. The topological polar surface area (TPSA) is 65.1 Å². The number of hydrogen-bond donors (Lipinski definition) is 0. The number of anilines is 1. The molecule has 3 aromatic carbocycles. The van der Waals surface area contributed by atoms with Crippen LogP contribution in [0.25, 0.3) is 0 Å². The first-order valence-corrected chi connectivity index (χ1v) is 11.6. The van der Waals surface area contributed by atoms with Crippen molar-refractivity contribution in [3.8, 4) is 5.75 Å². The summed E-state index contributed by atoms with van der Waals surface area (Å²) in [5, 5.41) is 0. The highest BCUT2D eigenvalue weighted by molar-refractivity contribution is 6.07. The molecule has 2 aliphatic rings. The standard InChI is InChI=1S/C29H27NO5/c1-20-16-24(19-34-23-8-4-3-5-9-23)35-29(17-20)25-10-6-7-11-26(25)30(28(29)32)18-21-12-14-22(15-13-21)27(31)33-2/h3-16,24H,17-19H2,1-2H3/t24-,29+/m0/s1. The van der Waals surface area contributed by atoms with Crippen molar-refractivity contribution >= 4 is 17.6 Å². The molecule has 5 rings (SSSR count). The summed E-state index contributed by atoms with van der Waals surface area (Å²) in [6, 6.07) is 24.5. The predicted molar refractivity (Wildman–Crippen MR) is 132 cm³/mol. The molecule has 1 spiro atoms. The van der Waals surface area contributed by atoms with E-state index in [9.17, 15) is 9.59 Å². The lowest BCUT2D eigenvalue weighted by Gasteiger charge is -2.36. The van der Waals surface area contributed by atoms with Crippen molar-refractivity contribution in [2.24, 2.45) is 0 Å². The van der Waals surface area contributed by atoms with Gasteiger partial charge in [0.15, 0.2) is 5.60 Å². The molecule has 0 saturated heterocycles. The minimum atomic E-state index is -1.09. The Labute approximate surface area is 204 Å². The number of methoxy groups -OCH3 is 1. The molecule has 0 unspecified atom stereocenters. The van der Waals surface area contributed by atoms with Crippen molar-refractivity contribution in [1.29, 1.82) is 0 Å². The van der Waals surface area contributed by atoms with Crippen LogP contribution in [0.3, 0.4) is 0 Å². The van der Waals surface area contributed by atoms with Crippen LogP contribution in [-0.2, 0) is 26.4 Å². The van der Waals surface area contributed by atoms with Crippen LogP contribution in [0.4, 0.5) is 5.69 Å². The Hall–Kier alpha value is -3.90. The Bertz CT molecular complexity index is 1270. The summed E-state index contributed by atoms with van der Waals surface area (Å²) in [5.41, 5.74) is 3.08. The van der Waals surface area contributed by atoms with Gasteiger partial charge in [-0.1, -0.05) is 60.2 Å². The molecule has 6 nitrogen and oxygen atoms in total. The van der Waals surface area contributed by atoms with Gasteiger partial charge in [0.1, 0.15) is 18.5 Å². The monoisotopic (exact) mass is 469 g/mol. The first-order chi connectivity index (χ1) is 17.0. The number of nitrogens with zero attached hydrogens (tertiary/aromatic N) is 1. The highest BCUT2D eigenvalue weighted by atomic mass is 16.6. The first-order valence-electron chi connectivity index (χ1n) is 11.6. The smallest absolute Gasteiger partial charge is 0.337 e. The molecular formula is C29H27NO5. The molecule has 2 heterocycles. The van der Waals surface area contributed by atoms with Crippen LogP contribution in [0, 0.1) is 0 Å². The van der Waals surface area contributed by atoms with Gasteiger partial charge in [-0.3, -0.25) is 4.79 Å². The van der Waals surface area contributed by atoms with E-state index in [0.717, 1.165) is 28.1 Å². The molecule has 0 bridgehead atoms. The SMILES string of the molecule is COC(=O)c1ccc(CN2C(=O)[C@@]3(CC(C)=C[C@@H](COc4ccccc4)O3)c3ccccc32)cc1. The van der Waals surface area contributed by atoms with Crippen molar-refractivity contribution in [1.82, 2.24) is 0 Å². The Balaban J connectivity index is 1.41. The molecule has 2 atom stereocenters. The van der Waals surface area contributed by atoms with Gasteiger partial charge in [-0.2, -0.15) is 0 Å². The van der Waals surface area contributed by atoms with Crippen LogP contribution < -0.4 is 9.64 Å². The Morgan fingerprint density at radius 1 is 1.03 bits per heavy atom. The van der Waals surface area contributed by atoms with E-state index in [0.29, 0.717) is 25.1 Å². The number of benzene rings is 3. The fourth-order valence-electron chi connectivity index (χ4n) is 4.86. The van der Waals surface area contributed by atoms with Crippen molar-refractivity contribution in [3.63, 3.8) is 0 Å². The van der Waals surface area contributed by atoms with E-state index < -0.39 is 5.60 Å². The minimum Gasteiger partial charge on any atom is -0.491 e. The number of para-hydroxylation sites is 2. The number of fused-ring (bicyclic) bond motifs is 2. The third kappa shape index (κ3) is 4.33. The molecule has 35 heavy (non-hydrogen) atoms. The molecule has 0 aromatic heterocycles. The van der Waals surface area contributed by atoms with Crippen molar-refractivity contribution in [3.05, 3.63) is 107 Å². The number of esters is 1. The first kappa shape index (κ1) is 22.9.